The summed E-state index contributed by atoms with van der Waals surface area (Å²) >= 11 is 0. The summed E-state index contributed by atoms with van der Waals surface area (Å²) in [6.45, 7) is 2.29. The number of hydrogen-bond donors (Lipinski definition) is 2. The zero-order valence-corrected chi connectivity index (χ0v) is 9.52. The van der Waals surface area contributed by atoms with Gasteiger partial charge >= 0.3 is 0 Å². The average Bonchev–Trinajstić information content (AvgIpc) is 2.09. The summed E-state index contributed by atoms with van der Waals surface area (Å²) < 4.78 is 11.0. The second-order valence-corrected chi connectivity index (χ2v) is 5.83. The van der Waals surface area contributed by atoms with E-state index in [1.165, 1.54) is 0 Å². The van der Waals surface area contributed by atoms with E-state index < -0.39 is 16.3 Å². The van der Waals surface area contributed by atoms with Gasteiger partial charge in [-0.3, -0.25) is 9.00 Å². The Balaban J connectivity index is 2.31. The van der Waals surface area contributed by atoms with Crippen LogP contribution in [0.5, 0.6) is 0 Å². The van der Waals surface area contributed by atoms with Gasteiger partial charge in [0.05, 0.1) is 5.54 Å². The Morgan fingerprint density at radius 2 is 2.21 bits per heavy atom. The van der Waals surface area contributed by atoms with E-state index in [0.717, 1.165) is 19.3 Å². The van der Waals surface area contributed by atoms with Crippen LogP contribution in [0, 0.1) is 0 Å². The van der Waals surface area contributed by atoms with Crippen LogP contribution in [-0.2, 0) is 15.6 Å². The first-order valence-electron chi connectivity index (χ1n) is 4.85. The molecule has 3 N–H and O–H groups in total. The van der Waals surface area contributed by atoms with Gasteiger partial charge in [0.15, 0.2) is 0 Å². The normalized spacial score (nSPS) is 23.4. The lowest BCUT2D eigenvalue weighted by Gasteiger charge is -2.36. The number of nitrogens with one attached hydrogen (secondary N) is 1. The van der Waals surface area contributed by atoms with Gasteiger partial charge in [0.2, 0.25) is 5.91 Å². The summed E-state index contributed by atoms with van der Waals surface area (Å²) in [6, 6.07) is 0. The molecule has 0 aromatic heterocycles. The van der Waals surface area contributed by atoms with Crippen molar-refractivity contribution in [3.8, 4) is 0 Å². The van der Waals surface area contributed by atoms with Crippen LogP contribution in [0.4, 0.5) is 0 Å². The minimum atomic E-state index is -0.893. The van der Waals surface area contributed by atoms with Crippen LogP contribution in [0.25, 0.3) is 0 Å². The summed E-state index contributed by atoms with van der Waals surface area (Å²) in [4.78, 5) is 11.5. The van der Waals surface area contributed by atoms with Crippen molar-refractivity contribution in [3.05, 3.63) is 0 Å². The van der Waals surface area contributed by atoms with Crippen molar-refractivity contribution in [1.82, 2.24) is 5.32 Å². The maximum Gasteiger partial charge on any atom is 0.240 e. The molecule has 82 valence electrons. The minimum Gasteiger partial charge on any atom is -0.353 e. The molecule has 4 nitrogen and oxygen atoms in total. The Morgan fingerprint density at radius 3 is 2.57 bits per heavy atom. The Bertz CT molecular complexity index is 251. The lowest BCUT2D eigenvalue weighted by atomic mass is 9.77. The van der Waals surface area contributed by atoms with Crippen LogP contribution in [0.15, 0.2) is 0 Å². The average molecular weight is 218 g/mol. The van der Waals surface area contributed by atoms with Crippen LogP contribution in [0.2, 0.25) is 0 Å². The molecule has 5 heteroatoms. The molecule has 1 saturated carbocycles. The molecule has 2 unspecified atom stereocenters. The van der Waals surface area contributed by atoms with Crippen molar-refractivity contribution in [2.75, 3.05) is 12.8 Å². The van der Waals surface area contributed by atoms with E-state index in [2.05, 4.69) is 5.32 Å². The van der Waals surface area contributed by atoms with E-state index in [9.17, 15) is 9.00 Å². The van der Waals surface area contributed by atoms with Crippen molar-refractivity contribution in [2.24, 2.45) is 5.73 Å². The third-order valence-corrected chi connectivity index (χ3v) is 4.11. The molecule has 0 spiro atoms. The van der Waals surface area contributed by atoms with Gasteiger partial charge in [-0.15, -0.1) is 0 Å². The van der Waals surface area contributed by atoms with E-state index in [-0.39, 0.29) is 11.2 Å². The molecular formula is C9H18N2O2S. The van der Waals surface area contributed by atoms with E-state index in [1.54, 1.807) is 6.26 Å². The Kier molecular flexibility index (Phi) is 3.66. The first-order chi connectivity index (χ1) is 6.46. The van der Waals surface area contributed by atoms with Crippen molar-refractivity contribution in [2.45, 2.75) is 37.0 Å². The van der Waals surface area contributed by atoms with Crippen molar-refractivity contribution in [1.29, 1.82) is 0 Å². The standard InChI is InChI=1S/C9H18N2O2S/c1-7(14(2)13)6-11-8(12)9(10)4-3-5-9/h7H,3-6,10H2,1-2H3,(H,11,12). The molecule has 14 heavy (non-hydrogen) atoms. The molecule has 0 saturated heterocycles. The highest BCUT2D eigenvalue weighted by Gasteiger charge is 2.39. The zero-order valence-electron chi connectivity index (χ0n) is 8.71. The van der Waals surface area contributed by atoms with Gasteiger partial charge in [-0.1, -0.05) is 0 Å². The summed E-state index contributed by atoms with van der Waals surface area (Å²) in [7, 11) is -0.893. The van der Waals surface area contributed by atoms with Gasteiger partial charge in [-0.05, 0) is 26.2 Å². The second kappa shape index (κ2) is 4.40. The molecule has 1 aliphatic carbocycles. The molecule has 1 amide bonds. The Hall–Kier alpha value is -0.420. The predicted octanol–water partition coefficient (Wildman–Crippen LogP) is -0.249. The summed E-state index contributed by atoms with van der Waals surface area (Å²) in [6.07, 6.45) is 4.20. The fourth-order valence-electron chi connectivity index (χ4n) is 1.31. The highest BCUT2D eigenvalue weighted by atomic mass is 32.2. The summed E-state index contributed by atoms with van der Waals surface area (Å²) in [5.74, 6) is -0.0962. The van der Waals surface area contributed by atoms with Crippen LogP contribution >= 0.6 is 0 Å². The summed E-state index contributed by atoms with van der Waals surface area (Å²) in [5.41, 5.74) is 5.18. The second-order valence-electron chi connectivity index (χ2n) is 4.03. The van der Waals surface area contributed by atoms with E-state index in [4.69, 9.17) is 5.73 Å². The SMILES string of the molecule is CC(CNC(=O)C1(N)CCC1)S(C)=O. The molecule has 0 aromatic rings. The smallest absolute Gasteiger partial charge is 0.240 e. The fraction of sp³-hybridized carbons (Fsp3) is 0.889. The Morgan fingerprint density at radius 1 is 1.64 bits per heavy atom. The Labute approximate surface area is 87.1 Å². The molecule has 1 aliphatic rings. The zero-order chi connectivity index (χ0) is 10.8. The van der Waals surface area contributed by atoms with E-state index in [0.29, 0.717) is 6.54 Å². The lowest BCUT2D eigenvalue weighted by Crippen LogP contribution is -2.59. The third kappa shape index (κ3) is 2.54. The first-order valence-corrected chi connectivity index (χ1v) is 6.47. The van der Waals surface area contributed by atoms with Gasteiger partial charge in [0.25, 0.3) is 0 Å². The van der Waals surface area contributed by atoms with Crippen molar-refractivity contribution >= 4 is 16.7 Å². The number of hydrogen-bond acceptors (Lipinski definition) is 3. The van der Waals surface area contributed by atoms with Crippen LogP contribution in [-0.4, -0.2) is 33.7 Å². The van der Waals surface area contributed by atoms with Gasteiger partial charge in [0.1, 0.15) is 0 Å². The van der Waals surface area contributed by atoms with Gasteiger partial charge in [-0.25, -0.2) is 0 Å². The number of carbonyl (C=O) groups excluding carboxylic acids is 1. The number of nitrogens with two attached hydrogens (primary N) is 1. The maximum absolute atomic E-state index is 11.5. The predicted molar refractivity (Wildman–Crippen MR) is 57.3 cm³/mol. The number of rotatable bonds is 4. The largest absolute Gasteiger partial charge is 0.353 e. The van der Waals surface area contributed by atoms with Gasteiger partial charge in [0, 0.05) is 28.9 Å². The molecule has 2 atom stereocenters. The molecule has 1 rings (SSSR count). The number of carbonyl (C=O) groups is 1. The fourth-order valence-corrected chi connectivity index (χ4v) is 1.63. The van der Waals surface area contributed by atoms with Gasteiger partial charge < -0.3 is 11.1 Å². The topological polar surface area (TPSA) is 72.2 Å². The van der Waals surface area contributed by atoms with Gasteiger partial charge in [-0.2, -0.15) is 0 Å². The molecular weight excluding hydrogens is 200 g/mol. The minimum absolute atomic E-state index is 0.0115. The van der Waals surface area contributed by atoms with Crippen molar-refractivity contribution in [3.63, 3.8) is 0 Å². The van der Waals surface area contributed by atoms with Crippen LogP contribution in [0.3, 0.4) is 0 Å². The highest BCUT2D eigenvalue weighted by Crippen LogP contribution is 2.28. The maximum atomic E-state index is 11.5. The lowest BCUT2D eigenvalue weighted by molar-refractivity contribution is -0.129. The van der Waals surface area contributed by atoms with E-state index in [1.807, 2.05) is 6.92 Å². The highest BCUT2D eigenvalue weighted by molar-refractivity contribution is 7.84. The first kappa shape index (κ1) is 11.7. The molecule has 0 aromatic carbocycles. The molecule has 0 radical (unpaired) electrons. The quantitative estimate of drug-likeness (QED) is 0.683. The molecule has 0 aliphatic heterocycles. The monoisotopic (exact) mass is 218 g/mol. The van der Waals surface area contributed by atoms with Crippen LogP contribution in [0.1, 0.15) is 26.2 Å². The molecule has 0 heterocycles. The van der Waals surface area contributed by atoms with Crippen molar-refractivity contribution < 1.29 is 9.00 Å². The molecule has 1 fully saturated rings. The third-order valence-electron chi connectivity index (χ3n) is 2.81. The van der Waals surface area contributed by atoms with Crippen LogP contribution < -0.4 is 11.1 Å². The molecule has 0 bridgehead atoms. The number of amides is 1. The van der Waals surface area contributed by atoms with E-state index >= 15 is 0 Å². The summed E-state index contributed by atoms with van der Waals surface area (Å²) in [5, 5.41) is 2.74.